The van der Waals surface area contributed by atoms with Crippen LogP contribution in [0.15, 0.2) is 0 Å². The minimum atomic E-state index is 0.779. The molecule has 0 rings (SSSR count). The van der Waals surface area contributed by atoms with Gasteiger partial charge in [-0.1, -0.05) is 60.3 Å². The predicted molar refractivity (Wildman–Crippen MR) is 90.4 cm³/mol. The number of hydrogen-bond donors (Lipinski definition) is 0. The second-order valence-electron chi connectivity index (χ2n) is 5.82. The van der Waals surface area contributed by atoms with E-state index in [2.05, 4.69) is 34.6 Å². The molecule has 0 aliphatic carbocycles. The third-order valence-corrected chi connectivity index (χ3v) is 2.97. The molecule has 2 heteroatoms. The van der Waals surface area contributed by atoms with Crippen LogP contribution in [0.3, 0.4) is 0 Å². The van der Waals surface area contributed by atoms with Gasteiger partial charge in [0.1, 0.15) is 0 Å². The Hall–Kier alpha value is -0.0800. The molecule has 0 aliphatic heterocycles. The van der Waals surface area contributed by atoms with Crippen molar-refractivity contribution < 1.29 is 9.47 Å². The lowest BCUT2D eigenvalue weighted by Crippen LogP contribution is -1.99. The van der Waals surface area contributed by atoms with E-state index < -0.39 is 0 Å². The highest BCUT2D eigenvalue weighted by Gasteiger charge is 1.92. The zero-order chi connectivity index (χ0) is 15.5. The van der Waals surface area contributed by atoms with Crippen molar-refractivity contribution >= 4 is 0 Å². The van der Waals surface area contributed by atoms with Gasteiger partial charge in [-0.3, -0.25) is 0 Å². The van der Waals surface area contributed by atoms with Gasteiger partial charge in [0, 0.05) is 26.4 Å². The Bertz CT molecular complexity index is 138. The molecule has 0 N–H and O–H groups in total. The van der Waals surface area contributed by atoms with Crippen LogP contribution in [-0.4, -0.2) is 26.4 Å². The van der Waals surface area contributed by atoms with Crippen molar-refractivity contribution in [3.63, 3.8) is 0 Å². The van der Waals surface area contributed by atoms with Gasteiger partial charge < -0.3 is 9.47 Å². The molecule has 2 nitrogen and oxygen atoms in total. The monoisotopic (exact) mass is 288 g/mol. The fraction of sp³-hybridized carbons (Fsp3) is 1.00. The maximum absolute atomic E-state index is 5.38. The van der Waals surface area contributed by atoms with Gasteiger partial charge in [0.25, 0.3) is 0 Å². The molecule has 20 heavy (non-hydrogen) atoms. The van der Waals surface area contributed by atoms with Crippen LogP contribution in [0.2, 0.25) is 0 Å². The van der Waals surface area contributed by atoms with Gasteiger partial charge in [-0.05, 0) is 31.6 Å². The summed E-state index contributed by atoms with van der Waals surface area (Å²) in [6, 6.07) is 0. The predicted octanol–water partition coefficient (Wildman–Crippen LogP) is 5.84. The molecule has 0 saturated heterocycles. The molecular formula is C18H40O2. The second kappa shape index (κ2) is 21.2. The molecule has 0 aromatic rings. The first-order chi connectivity index (χ1) is 9.68. The Morgan fingerprint density at radius 1 is 0.600 bits per heavy atom. The average Bonchev–Trinajstić information content (AvgIpc) is 2.43. The van der Waals surface area contributed by atoms with Crippen molar-refractivity contribution in [1.29, 1.82) is 0 Å². The highest BCUT2D eigenvalue weighted by molar-refractivity contribution is 4.42. The summed E-state index contributed by atoms with van der Waals surface area (Å²) in [4.78, 5) is 0. The number of ether oxygens (including phenoxy) is 2. The molecule has 0 unspecified atom stereocenters. The van der Waals surface area contributed by atoms with Crippen LogP contribution in [0, 0.1) is 5.92 Å². The summed E-state index contributed by atoms with van der Waals surface area (Å²) in [5, 5.41) is 0. The van der Waals surface area contributed by atoms with E-state index in [0.717, 1.165) is 38.8 Å². The molecule has 0 aromatic carbocycles. The summed E-state index contributed by atoms with van der Waals surface area (Å²) < 4.78 is 10.7. The fourth-order valence-electron chi connectivity index (χ4n) is 1.54. The first-order valence-electron chi connectivity index (χ1n) is 8.84. The number of rotatable bonds is 13. The summed E-state index contributed by atoms with van der Waals surface area (Å²) >= 11 is 0. The molecule has 0 spiro atoms. The van der Waals surface area contributed by atoms with Crippen molar-refractivity contribution in [3.8, 4) is 0 Å². The van der Waals surface area contributed by atoms with Crippen molar-refractivity contribution in [2.24, 2.45) is 5.92 Å². The Kier molecular flexibility index (Phi) is 23.6. The Balaban J connectivity index is 0. The zero-order valence-corrected chi connectivity index (χ0v) is 14.9. The van der Waals surface area contributed by atoms with Crippen molar-refractivity contribution in [3.05, 3.63) is 0 Å². The van der Waals surface area contributed by atoms with E-state index in [1.165, 1.54) is 44.9 Å². The fourth-order valence-corrected chi connectivity index (χ4v) is 1.54. The lowest BCUT2D eigenvalue weighted by molar-refractivity contribution is 0.121. The van der Waals surface area contributed by atoms with E-state index in [0.29, 0.717) is 0 Å². The first-order valence-corrected chi connectivity index (χ1v) is 8.84. The van der Waals surface area contributed by atoms with Gasteiger partial charge in [0.15, 0.2) is 0 Å². The number of unbranched alkanes of at least 4 members (excludes halogenated alkanes) is 4. The van der Waals surface area contributed by atoms with E-state index in [1.807, 2.05) is 0 Å². The highest BCUT2D eigenvalue weighted by Crippen LogP contribution is 1.99. The number of hydrogen-bond acceptors (Lipinski definition) is 2. The smallest absolute Gasteiger partial charge is 0.0468 e. The minimum Gasteiger partial charge on any atom is -0.381 e. The third kappa shape index (κ3) is 26.5. The van der Waals surface area contributed by atoms with Crippen LogP contribution in [0.5, 0.6) is 0 Å². The molecule has 0 heterocycles. The quantitative estimate of drug-likeness (QED) is 0.396. The maximum atomic E-state index is 5.38. The van der Waals surface area contributed by atoms with Crippen molar-refractivity contribution in [1.82, 2.24) is 0 Å². The molecule has 0 amide bonds. The van der Waals surface area contributed by atoms with Gasteiger partial charge in [-0.15, -0.1) is 0 Å². The second-order valence-corrected chi connectivity index (χ2v) is 5.82. The molecule has 124 valence electrons. The van der Waals surface area contributed by atoms with E-state index in [9.17, 15) is 0 Å². The van der Waals surface area contributed by atoms with Crippen LogP contribution >= 0.6 is 0 Å². The van der Waals surface area contributed by atoms with Crippen LogP contribution in [0.1, 0.15) is 86.0 Å². The lowest BCUT2D eigenvalue weighted by Gasteiger charge is -2.04. The molecule has 0 aliphatic rings. The van der Waals surface area contributed by atoms with E-state index in [1.54, 1.807) is 0 Å². The largest absolute Gasteiger partial charge is 0.381 e. The van der Waals surface area contributed by atoms with E-state index >= 15 is 0 Å². The van der Waals surface area contributed by atoms with Gasteiger partial charge in [-0.25, -0.2) is 0 Å². The molecule has 0 saturated carbocycles. The van der Waals surface area contributed by atoms with Crippen LogP contribution < -0.4 is 0 Å². The summed E-state index contributed by atoms with van der Waals surface area (Å²) in [5.41, 5.74) is 0. The summed E-state index contributed by atoms with van der Waals surface area (Å²) in [7, 11) is 0. The van der Waals surface area contributed by atoms with E-state index in [-0.39, 0.29) is 0 Å². The van der Waals surface area contributed by atoms with Gasteiger partial charge in [0.2, 0.25) is 0 Å². The third-order valence-electron chi connectivity index (χ3n) is 2.97. The van der Waals surface area contributed by atoms with Crippen LogP contribution in [0.4, 0.5) is 0 Å². The first kappa shape index (κ1) is 22.2. The minimum absolute atomic E-state index is 0.779. The SMILES string of the molecule is CCCCCCOCCC.CCCCOCCC(C)C. The molecule has 0 fully saturated rings. The molecule has 0 atom stereocenters. The molecular weight excluding hydrogens is 248 g/mol. The maximum Gasteiger partial charge on any atom is 0.0468 e. The summed E-state index contributed by atoms with van der Waals surface area (Å²) in [6.07, 6.45) is 10.0. The standard InChI is InChI=1S/2C9H20O/c1-4-5-7-10-8-6-9(2)3;1-3-5-6-7-9-10-8-4-2/h9H,4-8H2,1-3H3;3-9H2,1-2H3. The van der Waals surface area contributed by atoms with Gasteiger partial charge >= 0.3 is 0 Å². The topological polar surface area (TPSA) is 18.5 Å². The average molecular weight is 289 g/mol. The van der Waals surface area contributed by atoms with E-state index in [4.69, 9.17) is 9.47 Å². The zero-order valence-electron chi connectivity index (χ0n) is 14.9. The van der Waals surface area contributed by atoms with Crippen LogP contribution in [-0.2, 0) is 9.47 Å². The molecule has 0 aromatic heterocycles. The summed E-state index contributed by atoms with van der Waals surface area (Å²) in [6.45, 7) is 14.8. The Morgan fingerprint density at radius 2 is 1.20 bits per heavy atom. The molecule has 0 radical (unpaired) electrons. The Morgan fingerprint density at radius 3 is 1.75 bits per heavy atom. The van der Waals surface area contributed by atoms with Gasteiger partial charge in [-0.2, -0.15) is 0 Å². The van der Waals surface area contributed by atoms with Crippen molar-refractivity contribution in [2.45, 2.75) is 86.0 Å². The Labute approximate surface area is 128 Å². The lowest BCUT2D eigenvalue weighted by atomic mass is 10.1. The summed E-state index contributed by atoms with van der Waals surface area (Å²) in [5.74, 6) is 0.779. The van der Waals surface area contributed by atoms with Gasteiger partial charge in [0.05, 0.1) is 0 Å². The highest BCUT2D eigenvalue weighted by atomic mass is 16.5. The van der Waals surface area contributed by atoms with Crippen LogP contribution in [0.25, 0.3) is 0 Å². The normalized spacial score (nSPS) is 10.5. The van der Waals surface area contributed by atoms with Crippen molar-refractivity contribution in [2.75, 3.05) is 26.4 Å². The molecule has 0 bridgehead atoms.